The third-order valence-electron chi connectivity index (χ3n) is 4.00. The van der Waals surface area contributed by atoms with Crippen molar-refractivity contribution in [1.82, 2.24) is 10.2 Å². The number of hydrogen-bond acceptors (Lipinski definition) is 2. The van der Waals surface area contributed by atoms with E-state index in [0.29, 0.717) is 0 Å². The molecule has 1 saturated heterocycles. The summed E-state index contributed by atoms with van der Waals surface area (Å²) in [5, 5.41) is 4.99. The zero-order valence-electron chi connectivity index (χ0n) is 11.0. The van der Waals surface area contributed by atoms with Gasteiger partial charge >= 0.3 is 0 Å². The van der Waals surface area contributed by atoms with Crippen molar-refractivity contribution >= 4 is 23.2 Å². The number of nitrogens with zero attached hydrogens (tertiary/aromatic N) is 1. The van der Waals surface area contributed by atoms with Crippen molar-refractivity contribution in [3.05, 3.63) is 33.8 Å². The SMILES string of the molecule is CCC1(C)CNCCN1Cc1c(Cl)cccc1Cl. The van der Waals surface area contributed by atoms with Crippen molar-refractivity contribution < 1.29 is 0 Å². The molecule has 0 radical (unpaired) electrons. The molecule has 1 heterocycles. The fraction of sp³-hybridized carbons (Fsp3) is 0.571. The van der Waals surface area contributed by atoms with E-state index in [-0.39, 0.29) is 5.54 Å². The van der Waals surface area contributed by atoms with Crippen LogP contribution in [0.15, 0.2) is 18.2 Å². The summed E-state index contributed by atoms with van der Waals surface area (Å²) in [5.74, 6) is 0. The van der Waals surface area contributed by atoms with E-state index in [1.807, 2.05) is 18.2 Å². The van der Waals surface area contributed by atoms with Crippen molar-refractivity contribution in [3.8, 4) is 0 Å². The lowest BCUT2D eigenvalue weighted by Crippen LogP contribution is -2.58. The number of hydrogen-bond donors (Lipinski definition) is 1. The van der Waals surface area contributed by atoms with E-state index in [9.17, 15) is 0 Å². The molecule has 2 nitrogen and oxygen atoms in total. The normalized spacial score (nSPS) is 25.3. The average molecular weight is 287 g/mol. The van der Waals surface area contributed by atoms with Crippen molar-refractivity contribution in [1.29, 1.82) is 0 Å². The van der Waals surface area contributed by atoms with Crippen molar-refractivity contribution in [3.63, 3.8) is 0 Å². The van der Waals surface area contributed by atoms with Crippen LogP contribution in [0.3, 0.4) is 0 Å². The molecule has 1 atom stereocenters. The van der Waals surface area contributed by atoms with Gasteiger partial charge in [0, 0.05) is 47.3 Å². The summed E-state index contributed by atoms with van der Waals surface area (Å²) in [6, 6.07) is 5.72. The highest BCUT2D eigenvalue weighted by Gasteiger charge is 2.33. The molecule has 1 fully saturated rings. The van der Waals surface area contributed by atoms with Gasteiger partial charge in [-0.05, 0) is 25.5 Å². The van der Waals surface area contributed by atoms with Crippen LogP contribution in [-0.2, 0) is 6.54 Å². The Balaban J connectivity index is 2.22. The van der Waals surface area contributed by atoms with Gasteiger partial charge in [0.15, 0.2) is 0 Å². The number of halogens is 2. The van der Waals surface area contributed by atoms with Crippen molar-refractivity contribution in [2.24, 2.45) is 0 Å². The Morgan fingerprint density at radius 3 is 2.61 bits per heavy atom. The first-order valence-electron chi connectivity index (χ1n) is 6.45. The molecule has 1 aromatic carbocycles. The molecule has 2 rings (SSSR count). The summed E-state index contributed by atoms with van der Waals surface area (Å²) in [5.41, 5.74) is 1.23. The van der Waals surface area contributed by atoms with Crippen LogP contribution in [-0.4, -0.2) is 30.1 Å². The Labute approximate surface area is 119 Å². The standard InChI is InChI=1S/C14H20Cl2N2/c1-3-14(2)10-17-7-8-18(14)9-11-12(15)5-4-6-13(11)16/h4-6,17H,3,7-10H2,1-2H3. The summed E-state index contributed by atoms with van der Waals surface area (Å²) in [7, 11) is 0. The van der Waals surface area contributed by atoms with Gasteiger partial charge in [0.1, 0.15) is 0 Å². The molecule has 18 heavy (non-hydrogen) atoms. The molecule has 1 aromatic rings. The van der Waals surface area contributed by atoms with Crippen LogP contribution in [0.4, 0.5) is 0 Å². The monoisotopic (exact) mass is 286 g/mol. The molecule has 1 unspecified atom stereocenters. The highest BCUT2D eigenvalue weighted by Crippen LogP contribution is 2.30. The lowest BCUT2D eigenvalue weighted by Gasteiger charge is -2.45. The summed E-state index contributed by atoms with van der Waals surface area (Å²) in [6.45, 7) is 8.43. The van der Waals surface area contributed by atoms with Crippen LogP contribution in [0, 0.1) is 0 Å². The van der Waals surface area contributed by atoms with Crippen molar-refractivity contribution in [2.75, 3.05) is 19.6 Å². The van der Waals surface area contributed by atoms with Gasteiger partial charge < -0.3 is 5.32 Å². The molecular weight excluding hydrogens is 267 g/mol. The third-order valence-corrected chi connectivity index (χ3v) is 4.71. The zero-order chi connectivity index (χ0) is 13.2. The molecule has 1 N–H and O–H groups in total. The fourth-order valence-electron chi connectivity index (χ4n) is 2.45. The quantitative estimate of drug-likeness (QED) is 0.914. The minimum absolute atomic E-state index is 0.181. The summed E-state index contributed by atoms with van der Waals surface area (Å²) in [6.07, 6.45) is 1.11. The van der Waals surface area contributed by atoms with Crippen LogP contribution < -0.4 is 5.32 Å². The second kappa shape index (κ2) is 5.79. The zero-order valence-corrected chi connectivity index (χ0v) is 12.5. The second-order valence-electron chi connectivity index (χ2n) is 5.15. The van der Waals surface area contributed by atoms with E-state index >= 15 is 0 Å². The maximum atomic E-state index is 6.26. The molecule has 0 spiro atoms. The smallest absolute Gasteiger partial charge is 0.0465 e. The number of nitrogens with one attached hydrogen (secondary N) is 1. The van der Waals surface area contributed by atoms with E-state index in [1.54, 1.807) is 0 Å². The Hall–Kier alpha value is -0.280. The minimum Gasteiger partial charge on any atom is -0.314 e. The molecule has 0 aliphatic carbocycles. The summed E-state index contributed by atoms with van der Waals surface area (Å²) < 4.78 is 0. The van der Waals surface area contributed by atoms with E-state index in [4.69, 9.17) is 23.2 Å². The van der Waals surface area contributed by atoms with Crippen LogP contribution in [0.25, 0.3) is 0 Å². The summed E-state index contributed by atoms with van der Waals surface area (Å²) >= 11 is 12.5. The average Bonchev–Trinajstić information content (AvgIpc) is 2.36. The van der Waals surface area contributed by atoms with Gasteiger partial charge in [0.25, 0.3) is 0 Å². The predicted octanol–water partition coefficient (Wildman–Crippen LogP) is 3.57. The number of benzene rings is 1. The minimum atomic E-state index is 0.181. The van der Waals surface area contributed by atoms with Gasteiger partial charge in [-0.2, -0.15) is 0 Å². The third kappa shape index (κ3) is 2.83. The lowest BCUT2D eigenvalue weighted by atomic mass is 9.93. The second-order valence-corrected chi connectivity index (χ2v) is 5.96. The fourth-order valence-corrected chi connectivity index (χ4v) is 2.96. The van der Waals surface area contributed by atoms with Crippen molar-refractivity contribution in [2.45, 2.75) is 32.4 Å². The number of piperazine rings is 1. The van der Waals surface area contributed by atoms with Gasteiger partial charge in [-0.1, -0.05) is 36.2 Å². The molecule has 0 amide bonds. The maximum absolute atomic E-state index is 6.26. The predicted molar refractivity (Wildman–Crippen MR) is 78.4 cm³/mol. The molecule has 0 saturated carbocycles. The molecule has 4 heteroatoms. The Morgan fingerprint density at radius 2 is 2.00 bits per heavy atom. The maximum Gasteiger partial charge on any atom is 0.0465 e. The van der Waals surface area contributed by atoms with Crippen LogP contribution >= 0.6 is 23.2 Å². The molecule has 1 aliphatic rings. The van der Waals surface area contributed by atoms with E-state index in [0.717, 1.165) is 48.2 Å². The van der Waals surface area contributed by atoms with Gasteiger partial charge in [-0.15, -0.1) is 0 Å². The Bertz CT molecular complexity index is 402. The molecule has 0 bridgehead atoms. The summed E-state index contributed by atoms with van der Waals surface area (Å²) in [4.78, 5) is 2.48. The first-order chi connectivity index (χ1) is 8.57. The van der Waals surface area contributed by atoms with Gasteiger partial charge in [0.2, 0.25) is 0 Å². The topological polar surface area (TPSA) is 15.3 Å². The van der Waals surface area contributed by atoms with Gasteiger partial charge in [0.05, 0.1) is 0 Å². The first-order valence-corrected chi connectivity index (χ1v) is 7.21. The first kappa shape index (κ1) is 14.1. The van der Waals surface area contributed by atoms with Gasteiger partial charge in [-0.25, -0.2) is 0 Å². The highest BCUT2D eigenvalue weighted by molar-refractivity contribution is 6.35. The van der Waals surface area contributed by atoms with E-state index < -0.39 is 0 Å². The van der Waals surface area contributed by atoms with E-state index in [1.165, 1.54) is 0 Å². The molecule has 100 valence electrons. The molecular formula is C14H20Cl2N2. The Morgan fingerprint density at radius 1 is 1.33 bits per heavy atom. The largest absolute Gasteiger partial charge is 0.314 e. The Kier molecular flexibility index (Phi) is 4.54. The van der Waals surface area contributed by atoms with Crippen LogP contribution in [0.1, 0.15) is 25.8 Å². The molecule has 0 aromatic heterocycles. The van der Waals surface area contributed by atoms with Crippen LogP contribution in [0.5, 0.6) is 0 Å². The lowest BCUT2D eigenvalue weighted by molar-refractivity contribution is 0.0638. The number of rotatable bonds is 3. The highest BCUT2D eigenvalue weighted by atomic mass is 35.5. The molecule has 1 aliphatic heterocycles. The van der Waals surface area contributed by atoms with Crippen LogP contribution in [0.2, 0.25) is 10.0 Å². The van der Waals surface area contributed by atoms with E-state index in [2.05, 4.69) is 24.1 Å². The van der Waals surface area contributed by atoms with Gasteiger partial charge in [-0.3, -0.25) is 4.90 Å².